The molecule has 1 fully saturated rings. The first-order valence-electron chi connectivity index (χ1n) is 10.4. The third-order valence-electron chi connectivity index (χ3n) is 6.17. The number of aryl methyl sites for hydroxylation is 1. The summed E-state index contributed by atoms with van der Waals surface area (Å²) in [6, 6.07) is 16.8. The second-order valence-electron chi connectivity index (χ2n) is 8.27. The van der Waals surface area contributed by atoms with Crippen molar-refractivity contribution in [2.24, 2.45) is 5.92 Å². The van der Waals surface area contributed by atoms with E-state index in [1.165, 1.54) is 42.6 Å². The Morgan fingerprint density at radius 3 is 2.56 bits per heavy atom. The Bertz CT molecular complexity index is 775. The van der Waals surface area contributed by atoms with Crippen LogP contribution in [-0.2, 0) is 13.0 Å². The van der Waals surface area contributed by atoms with E-state index in [1.807, 2.05) is 12.1 Å². The standard InChI is InChI=1S/C24H30N2O/c1-18-13-15-26(16-14-18)17-19-9-11-21(12-10-19)24(27)25-23-8-4-6-20-5-2-3-7-22(20)23/h2-3,5,7,9-12,18,23H,4,6,8,13-17H2,1H3,(H,25,27)/t23-/m0/s1. The molecule has 3 nitrogen and oxygen atoms in total. The Morgan fingerprint density at radius 2 is 1.78 bits per heavy atom. The minimum absolute atomic E-state index is 0.0371. The molecule has 0 radical (unpaired) electrons. The predicted octanol–water partition coefficient (Wildman–Crippen LogP) is 4.73. The molecule has 1 saturated heterocycles. The Kier molecular flexibility index (Phi) is 5.58. The van der Waals surface area contributed by atoms with Crippen LogP contribution in [0.1, 0.15) is 65.7 Å². The summed E-state index contributed by atoms with van der Waals surface area (Å²) in [5.74, 6) is 0.896. The van der Waals surface area contributed by atoms with Gasteiger partial charge in [0.05, 0.1) is 6.04 Å². The summed E-state index contributed by atoms with van der Waals surface area (Å²) < 4.78 is 0. The molecule has 4 rings (SSSR count). The predicted molar refractivity (Wildman–Crippen MR) is 110 cm³/mol. The van der Waals surface area contributed by atoms with E-state index >= 15 is 0 Å². The zero-order valence-electron chi connectivity index (χ0n) is 16.3. The van der Waals surface area contributed by atoms with Crippen molar-refractivity contribution in [3.05, 3.63) is 70.8 Å². The van der Waals surface area contributed by atoms with Crippen LogP contribution in [0.25, 0.3) is 0 Å². The highest BCUT2D eigenvalue weighted by atomic mass is 16.1. The van der Waals surface area contributed by atoms with E-state index in [9.17, 15) is 4.79 Å². The normalized spacial score (nSPS) is 20.9. The average molecular weight is 363 g/mol. The quantitative estimate of drug-likeness (QED) is 0.853. The van der Waals surface area contributed by atoms with Gasteiger partial charge in [0.15, 0.2) is 0 Å². The minimum atomic E-state index is 0.0371. The zero-order valence-corrected chi connectivity index (χ0v) is 16.3. The fraction of sp³-hybridized carbons (Fsp3) is 0.458. The smallest absolute Gasteiger partial charge is 0.251 e. The number of likely N-dealkylation sites (tertiary alicyclic amines) is 1. The van der Waals surface area contributed by atoms with Gasteiger partial charge in [-0.3, -0.25) is 9.69 Å². The molecule has 142 valence electrons. The van der Waals surface area contributed by atoms with Crippen LogP contribution in [0.5, 0.6) is 0 Å². The van der Waals surface area contributed by atoms with Gasteiger partial charge < -0.3 is 5.32 Å². The first-order chi connectivity index (χ1) is 13.2. The van der Waals surface area contributed by atoms with E-state index in [4.69, 9.17) is 0 Å². The number of piperidine rings is 1. The maximum absolute atomic E-state index is 12.7. The summed E-state index contributed by atoms with van der Waals surface area (Å²) in [6.07, 6.45) is 5.86. The highest BCUT2D eigenvalue weighted by Gasteiger charge is 2.22. The number of amides is 1. The first kappa shape index (κ1) is 18.2. The van der Waals surface area contributed by atoms with Gasteiger partial charge in [-0.15, -0.1) is 0 Å². The third-order valence-corrected chi connectivity index (χ3v) is 6.17. The molecule has 2 aliphatic rings. The molecule has 0 spiro atoms. The van der Waals surface area contributed by atoms with E-state index in [0.717, 1.165) is 37.3 Å². The molecule has 0 aromatic heterocycles. The second-order valence-corrected chi connectivity index (χ2v) is 8.27. The number of hydrogen-bond donors (Lipinski definition) is 1. The monoisotopic (exact) mass is 362 g/mol. The molecule has 0 bridgehead atoms. The van der Waals surface area contributed by atoms with Crippen LogP contribution < -0.4 is 5.32 Å². The number of fused-ring (bicyclic) bond motifs is 1. The lowest BCUT2D eigenvalue weighted by atomic mass is 9.87. The Hall–Kier alpha value is -2.13. The van der Waals surface area contributed by atoms with Gasteiger partial charge in [-0.25, -0.2) is 0 Å². The van der Waals surface area contributed by atoms with Crippen molar-refractivity contribution in [2.45, 2.75) is 51.6 Å². The van der Waals surface area contributed by atoms with E-state index in [-0.39, 0.29) is 11.9 Å². The van der Waals surface area contributed by atoms with Gasteiger partial charge in [0.1, 0.15) is 0 Å². The molecule has 0 unspecified atom stereocenters. The van der Waals surface area contributed by atoms with Crippen LogP contribution in [0.3, 0.4) is 0 Å². The molecule has 1 aliphatic heterocycles. The lowest BCUT2D eigenvalue weighted by Gasteiger charge is -2.30. The molecule has 2 aromatic carbocycles. The second kappa shape index (κ2) is 8.26. The molecule has 1 aliphatic carbocycles. The van der Waals surface area contributed by atoms with E-state index in [0.29, 0.717) is 0 Å². The van der Waals surface area contributed by atoms with E-state index in [1.54, 1.807) is 0 Å². The van der Waals surface area contributed by atoms with Gasteiger partial charge in [0, 0.05) is 12.1 Å². The molecule has 3 heteroatoms. The van der Waals surface area contributed by atoms with Gasteiger partial charge >= 0.3 is 0 Å². The van der Waals surface area contributed by atoms with Gasteiger partial charge in [-0.1, -0.05) is 43.3 Å². The Labute approximate surface area is 162 Å². The van der Waals surface area contributed by atoms with Gasteiger partial charge in [-0.05, 0) is 79.9 Å². The molecule has 1 amide bonds. The lowest BCUT2D eigenvalue weighted by Crippen LogP contribution is -2.32. The number of hydrogen-bond acceptors (Lipinski definition) is 2. The molecule has 1 atom stereocenters. The highest BCUT2D eigenvalue weighted by molar-refractivity contribution is 5.94. The van der Waals surface area contributed by atoms with E-state index in [2.05, 4.69) is 53.5 Å². The number of nitrogens with zero attached hydrogens (tertiary/aromatic N) is 1. The first-order valence-corrected chi connectivity index (χ1v) is 10.4. The largest absolute Gasteiger partial charge is 0.345 e. The lowest BCUT2D eigenvalue weighted by molar-refractivity contribution is 0.0932. The zero-order chi connectivity index (χ0) is 18.6. The Balaban J connectivity index is 1.37. The topological polar surface area (TPSA) is 32.3 Å². The number of carbonyl (C=O) groups is 1. The molecule has 1 heterocycles. The fourth-order valence-corrected chi connectivity index (χ4v) is 4.39. The summed E-state index contributed by atoms with van der Waals surface area (Å²) in [7, 11) is 0. The van der Waals surface area contributed by atoms with Crippen LogP contribution in [0.2, 0.25) is 0 Å². The van der Waals surface area contributed by atoms with E-state index < -0.39 is 0 Å². The molecule has 1 N–H and O–H groups in total. The molecular formula is C24H30N2O. The molecule has 0 saturated carbocycles. The summed E-state index contributed by atoms with van der Waals surface area (Å²) in [6.45, 7) is 5.70. The summed E-state index contributed by atoms with van der Waals surface area (Å²) >= 11 is 0. The maximum Gasteiger partial charge on any atom is 0.251 e. The number of benzene rings is 2. The molecular weight excluding hydrogens is 332 g/mol. The van der Waals surface area contributed by atoms with Gasteiger partial charge in [0.25, 0.3) is 5.91 Å². The van der Waals surface area contributed by atoms with Crippen LogP contribution in [0.4, 0.5) is 0 Å². The van der Waals surface area contributed by atoms with Crippen LogP contribution in [0, 0.1) is 5.92 Å². The van der Waals surface area contributed by atoms with Crippen LogP contribution in [-0.4, -0.2) is 23.9 Å². The number of carbonyl (C=O) groups excluding carboxylic acids is 1. The van der Waals surface area contributed by atoms with Gasteiger partial charge in [-0.2, -0.15) is 0 Å². The SMILES string of the molecule is CC1CCN(Cc2ccc(C(=O)N[C@H]3CCCc4ccccc43)cc2)CC1. The number of rotatable bonds is 4. The van der Waals surface area contributed by atoms with Crippen molar-refractivity contribution in [3.63, 3.8) is 0 Å². The average Bonchev–Trinajstić information content (AvgIpc) is 2.70. The minimum Gasteiger partial charge on any atom is -0.345 e. The van der Waals surface area contributed by atoms with Gasteiger partial charge in [0.2, 0.25) is 0 Å². The number of nitrogens with one attached hydrogen (secondary N) is 1. The maximum atomic E-state index is 12.7. The summed E-state index contributed by atoms with van der Waals surface area (Å²) in [5.41, 5.74) is 4.71. The highest BCUT2D eigenvalue weighted by Crippen LogP contribution is 2.29. The van der Waals surface area contributed by atoms with Crippen molar-refractivity contribution < 1.29 is 4.79 Å². The van der Waals surface area contributed by atoms with Crippen molar-refractivity contribution in [1.82, 2.24) is 10.2 Å². The third kappa shape index (κ3) is 4.41. The molecule has 2 aromatic rings. The van der Waals surface area contributed by atoms with Crippen molar-refractivity contribution in [1.29, 1.82) is 0 Å². The Morgan fingerprint density at radius 1 is 1.04 bits per heavy atom. The summed E-state index contributed by atoms with van der Waals surface area (Å²) in [4.78, 5) is 15.3. The van der Waals surface area contributed by atoms with Crippen molar-refractivity contribution >= 4 is 5.91 Å². The fourth-order valence-electron chi connectivity index (χ4n) is 4.39. The van der Waals surface area contributed by atoms with Crippen LogP contribution >= 0.6 is 0 Å². The van der Waals surface area contributed by atoms with Crippen molar-refractivity contribution in [3.8, 4) is 0 Å². The van der Waals surface area contributed by atoms with Crippen molar-refractivity contribution in [2.75, 3.05) is 13.1 Å². The van der Waals surface area contributed by atoms with Crippen LogP contribution in [0.15, 0.2) is 48.5 Å². The summed E-state index contributed by atoms with van der Waals surface area (Å²) in [5, 5.41) is 3.25. The molecule has 27 heavy (non-hydrogen) atoms.